The summed E-state index contributed by atoms with van der Waals surface area (Å²) < 4.78 is 12.3. The molecule has 1 N–H and O–H groups in total. The summed E-state index contributed by atoms with van der Waals surface area (Å²) in [5.41, 5.74) is 2.87. The van der Waals surface area contributed by atoms with E-state index in [-0.39, 0.29) is 12.2 Å². The third-order valence-electron chi connectivity index (χ3n) is 3.83. The molecule has 19 heavy (non-hydrogen) atoms. The van der Waals surface area contributed by atoms with Crippen LogP contribution in [0.2, 0.25) is 0 Å². The molecule has 3 unspecified atom stereocenters. The van der Waals surface area contributed by atoms with E-state index in [0.717, 1.165) is 39.8 Å². The lowest BCUT2D eigenvalue weighted by molar-refractivity contribution is -0.0308. The summed E-state index contributed by atoms with van der Waals surface area (Å²) in [7, 11) is 1.64. The second-order valence-corrected chi connectivity index (χ2v) is 6.11. The summed E-state index contributed by atoms with van der Waals surface area (Å²) in [5, 5.41) is 10.7. The lowest BCUT2D eigenvalue weighted by atomic mass is 9.94. The predicted octanol–water partition coefficient (Wildman–Crippen LogP) is 3.68. The minimum Gasteiger partial charge on any atom is -0.496 e. The molecule has 1 heterocycles. The second kappa shape index (κ2) is 5.81. The highest BCUT2D eigenvalue weighted by Crippen LogP contribution is 2.40. The maximum Gasteiger partial charge on any atom is 0.128 e. The van der Waals surface area contributed by atoms with Crippen LogP contribution in [0.5, 0.6) is 5.75 Å². The zero-order valence-corrected chi connectivity index (χ0v) is 13.5. The molecule has 0 aromatic heterocycles. The number of hydrogen-bond donors (Lipinski definition) is 1. The third-order valence-corrected chi connectivity index (χ3v) is 4.65. The first kappa shape index (κ1) is 14.8. The molecule has 1 saturated heterocycles. The molecule has 3 nitrogen and oxygen atoms in total. The molecular weight excluding hydrogens is 308 g/mol. The minimum absolute atomic E-state index is 0.142. The summed E-state index contributed by atoms with van der Waals surface area (Å²) in [4.78, 5) is 0. The molecule has 0 amide bonds. The average Bonchev–Trinajstić information content (AvgIpc) is 2.79. The van der Waals surface area contributed by atoms with Crippen molar-refractivity contribution in [3.05, 3.63) is 27.2 Å². The largest absolute Gasteiger partial charge is 0.496 e. The van der Waals surface area contributed by atoms with Gasteiger partial charge in [-0.3, -0.25) is 0 Å². The Kier molecular flexibility index (Phi) is 4.54. The topological polar surface area (TPSA) is 38.7 Å². The van der Waals surface area contributed by atoms with Gasteiger partial charge >= 0.3 is 0 Å². The van der Waals surface area contributed by atoms with Crippen LogP contribution >= 0.6 is 15.9 Å². The zero-order valence-electron chi connectivity index (χ0n) is 11.9. The number of aliphatic hydroxyl groups is 1. The maximum absolute atomic E-state index is 10.7. The van der Waals surface area contributed by atoms with E-state index in [4.69, 9.17) is 9.47 Å². The molecule has 1 aromatic carbocycles. The first-order chi connectivity index (χ1) is 8.95. The summed E-state index contributed by atoms with van der Waals surface area (Å²) in [6.45, 7) is 6.02. The summed E-state index contributed by atoms with van der Waals surface area (Å²) in [5.74, 6) is 0.761. The van der Waals surface area contributed by atoms with Crippen molar-refractivity contribution in [3.8, 4) is 5.75 Å². The fourth-order valence-electron chi connectivity index (χ4n) is 2.75. The van der Waals surface area contributed by atoms with Gasteiger partial charge in [0.2, 0.25) is 0 Å². The molecule has 4 heteroatoms. The van der Waals surface area contributed by atoms with Crippen LogP contribution in [0.3, 0.4) is 0 Å². The van der Waals surface area contributed by atoms with Gasteiger partial charge < -0.3 is 14.6 Å². The highest BCUT2D eigenvalue weighted by atomic mass is 79.9. The van der Waals surface area contributed by atoms with Gasteiger partial charge in [0.1, 0.15) is 11.9 Å². The van der Waals surface area contributed by atoms with Crippen LogP contribution in [0.4, 0.5) is 0 Å². The Balaban J connectivity index is 2.42. The Morgan fingerprint density at radius 3 is 2.63 bits per heavy atom. The molecule has 3 atom stereocenters. The summed E-state index contributed by atoms with van der Waals surface area (Å²) in [6, 6.07) is 2.02. The normalized spacial score (nSPS) is 24.5. The number of aryl methyl sites for hydroxylation is 1. The lowest BCUT2D eigenvalue weighted by Crippen LogP contribution is -2.20. The van der Waals surface area contributed by atoms with Crippen LogP contribution in [-0.2, 0) is 4.74 Å². The predicted molar refractivity (Wildman–Crippen MR) is 78.7 cm³/mol. The van der Waals surface area contributed by atoms with Crippen molar-refractivity contribution in [3.63, 3.8) is 0 Å². The molecule has 0 spiro atoms. The summed E-state index contributed by atoms with van der Waals surface area (Å²) >= 11 is 3.54. The Hall–Kier alpha value is -0.580. The van der Waals surface area contributed by atoms with Gasteiger partial charge in [-0.25, -0.2) is 0 Å². The number of ether oxygens (including phenoxy) is 2. The first-order valence-corrected chi connectivity index (χ1v) is 7.42. The van der Waals surface area contributed by atoms with Crippen molar-refractivity contribution < 1.29 is 14.6 Å². The van der Waals surface area contributed by atoms with Gasteiger partial charge in [0.25, 0.3) is 0 Å². The van der Waals surface area contributed by atoms with Crippen molar-refractivity contribution in [1.82, 2.24) is 0 Å². The van der Waals surface area contributed by atoms with Crippen molar-refractivity contribution in [1.29, 1.82) is 0 Å². The zero-order chi connectivity index (χ0) is 14.2. The van der Waals surface area contributed by atoms with Crippen LogP contribution in [0.15, 0.2) is 10.5 Å². The van der Waals surface area contributed by atoms with Crippen LogP contribution in [0.1, 0.15) is 42.6 Å². The number of rotatable bonds is 3. The van der Waals surface area contributed by atoms with Crippen molar-refractivity contribution in [2.75, 3.05) is 7.11 Å². The van der Waals surface area contributed by atoms with Gasteiger partial charge in [-0.1, -0.05) is 15.9 Å². The van der Waals surface area contributed by atoms with E-state index in [1.54, 1.807) is 7.11 Å². The molecule has 106 valence electrons. The molecule has 0 saturated carbocycles. The average molecular weight is 329 g/mol. The Labute approximate surface area is 123 Å². The SMILES string of the molecule is COc1c(C)cc(Br)c(C)c1C(O)C1CCC(C)O1. The number of halogens is 1. The molecular formula is C15H21BrO3. The van der Waals surface area contributed by atoms with Crippen LogP contribution < -0.4 is 4.74 Å². The quantitative estimate of drug-likeness (QED) is 0.919. The van der Waals surface area contributed by atoms with Crippen LogP contribution in [0.25, 0.3) is 0 Å². The number of aliphatic hydroxyl groups excluding tert-OH is 1. The van der Waals surface area contributed by atoms with Crippen LogP contribution in [0, 0.1) is 13.8 Å². The minimum atomic E-state index is -0.643. The van der Waals surface area contributed by atoms with Crippen LogP contribution in [-0.4, -0.2) is 24.4 Å². The van der Waals surface area contributed by atoms with Crippen molar-refractivity contribution >= 4 is 15.9 Å². The van der Waals surface area contributed by atoms with Gasteiger partial charge in [-0.15, -0.1) is 0 Å². The standard InChI is InChI=1S/C15H21BrO3/c1-8-7-11(16)10(3)13(15(8)18-4)14(17)12-6-5-9(2)19-12/h7,9,12,14,17H,5-6H2,1-4H3. The smallest absolute Gasteiger partial charge is 0.128 e. The number of methoxy groups -OCH3 is 1. The van der Waals surface area contributed by atoms with E-state index in [1.807, 2.05) is 26.8 Å². The maximum atomic E-state index is 10.7. The van der Waals surface area contributed by atoms with Gasteiger partial charge in [0, 0.05) is 10.0 Å². The van der Waals surface area contributed by atoms with E-state index in [9.17, 15) is 5.11 Å². The van der Waals surface area contributed by atoms with Gasteiger partial charge in [0.15, 0.2) is 0 Å². The summed E-state index contributed by atoms with van der Waals surface area (Å²) in [6.07, 6.45) is 1.32. The van der Waals surface area contributed by atoms with Gasteiger partial charge in [0.05, 0.1) is 19.3 Å². The molecule has 1 aromatic rings. The first-order valence-electron chi connectivity index (χ1n) is 6.62. The molecule has 2 rings (SSSR count). The Morgan fingerprint density at radius 2 is 2.11 bits per heavy atom. The molecule has 1 fully saturated rings. The Bertz CT molecular complexity index is 473. The third kappa shape index (κ3) is 2.81. The lowest BCUT2D eigenvalue weighted by Gasteiger charge is -2.24. The molecule has 1 aliphatic heterocycles. The van der Waals surface area contributed by atoms with E-state index >= 15 is 0 Å². The molecule has 0 radical (unpaired) electrons. The van der Waals surface area contributed by atoms with E-state index in [0.29, 0.717) is 0 Å². The van der Waals surface area contributed by atoms with Crippen molar-refractivity contribution in [2.24, 2.45) is 0 Å². The highest BCUT2D eigenvalue weighted by molar-refractivity contribution is 9.10. The second-order valence-electron chi connectivity index (χ2n) is 5.25. The van der Waals surface area contributed by atoms with E-state index < -0.39 is 6.10 Å². The number of hydrogen-bond acceptors (Lipinski definition) is 3. The number of benzene rings is 1. The van der Waals surface area contributed by atoms with E-state index in [1.165, 1.54) is 0 Å². The molecule has 0 bridgehead atoms. The van der Waals surface area contributed by atoms with Gasteiger partial charge in [-0.05, 0) is 50.8 Å². The molecule has 1 aliphatic rings. The fraction of sp³-hybridized carbons (Fsp3) is 0.600. The molecule has 0 aliphatic carbocycles. The fourth-order valence-corrected chi connectivity index (χ4v) is 3.31. The van der Waals surface area contributed by atoms with E-state index in [2.05, 4.69) is 15.9 Å². The van der Waals surface area contributed by atoms with Crippen molar-refractivity contribution in [2.45, 2.75) is 51.9 Å². The monoisotopic (exact) mass is 328 g/mol. The van der Waals surface area contributed by atoms with Gasteiger partial charge in [-0.2, -0.15) is 0 Å². The highest BCUT2D eigenvalue weighted by Gasteiger charge is 2.32. The Morgan fingerprint density at radius 1 is 1.42 bits per heavy atom.